The van der Waals surface area contributed by atoms with Crippen LogP contribution in [0.1, 0.15) is 43.0 Å². The zero-order valence-corrected chi connectivity index (χ0v) is 11.3. The highest BCUT2D eigenvalue weighted by Crippen LogP contribution is 2.28. The molecule has 2 atom stereocenters. The third-order valence-corrected chi connectivity index (χ3v) is 3.53. The number of rotatable bonds is 4. The maximum absolute atomic E-state index is 13.3. The predicted octanol–water partition coefficient (Wildman–Crippen LogP) is 3.36. The van der Waals surface area contributed by atoms with Gasteiger partial charge in [0.15, 0.2) is 5.78 Å². The van der Waals surface area contributed by atoms with E-state index in [2.05, 4.69) is 0 Å². The lowest BCUT2D eigenvalue weighted by Crippen LogP contribution is -2.29. The average molecular weight is 266 g/mol. The molecule has 1 saturated carbocycles. The largest absolute Gasteiger partial charge is 0.489 e. The summed E-state index contributed by atoms with van der Waals surface area (Å²) in [6, 6.07) is 4.04. The van der Waals surface area contributed by atoms with Gasteiger partial charge in [0.25, 0.3) is 0 Å². The summed E-state index contributed by atoms with van der Waals surface area (Å²) in [6.07, 6.45) is 3.91. The van der Waals surface area contributed by atoms with Crippen LogP contribution in [0.3, 0.4) is 0 Å². The van der Waals surface area contributed by atoms with Gasteiger partial charge in [0.1, 0.15) is 17.7 Å². The van der Waals surface area contributed by atoms with Crippen LogP contribution < -0.4 is 4.74 Å². The van der Waals surface area contributed by atoms with E-state index in [9.17, 15) is 9.18 Å². The van der Waals surface area contributed by atoms with Crippen molar-refractivity contribution in [3.63, 3.8) is 0 Å². The first-order chi connectivity index (χ1) is 9.10. The van der Waals surface area contributed by atoms with E-state index >= 15 is 0 Å². The minimum Gasteiger partial charge on any atom is -0.489 e. The Morgan fingerprint density at radius 2 is 2.05 bits per heavy atom. The van der Waals surface area contributed by atoms with Crippen molar-refractivity contribution in [2.45, 2.75) is 44.8 Å². The van der Waals surface area contributed by atoms with Crippen molar-refractivity contribution in [2.75, 3.05) is 7.11 Å². The van der Waals surface area contributed by atoms with E-state index in [0.717, 1.165) is 25.7 Å². The van der Waals surface area contributed by atoms with E-state index in [0.29, 0.717) is 11.3 Å². The van der Waals surface area contributed by atoms with Gasteiger partial charge in [-0.05, 0) is 38.3 Å². The summed E-state index contributed by atoms with van der Waals surface area (Å²) in [5.74, 6) is -0.164. The summed E-state index contributed by atoms with van der Waals surface area (Å²) < 4.78 is 24.5. The van der Waals surface area contributed by atoms with Gasteiger partial charge in [-0.3, -0.25) is 4.79 Å². The lowest BCUT2D eigenvalue weighted by Gasteiger charge is -2.29. The first-order valence-electron chi connectivity index (χ1n) is 6.60. The van der Waals surface area contributed by atoms with Crippen molar-refractivity contribution in [3.05, 3.63) is 29.6 Å². The second kappa shape index (κ2) is 6.15. The Morgan fingerprint density at radius 3 is 2.74 bits per heavy atom. The van der Waals surface area contributed by atoms with E-state index in [4.69, 9.17) is 9.47 Å². The Hall–Kier alpha value is -1.42. The summed E-state index contributed by atoms with van der Waals surface area (Å²) in [6.45, 7) is 1.46. The van der Waals surface area contributed by atoms with E-state index in [1.165, 1.54) is 25.1 Å². The lowest BCUT2D eigenvalue weighted by atomic mass is 9.94. The van der Waals surface area contributed by atoms with Gasteiger partial charge in [-0.2, -0.15) is 0 Å². The molecule has 3 nitrogen and oxygen atoms in total. The molecule has 4 heteroatoms. The highest BCUT2D eigenvalue weighted by atomic mass is 19.1. The molecule has 0 saturated heterocycles. The molecule has 0 aliphatic heterocycles. The fraction of sp³-hybridized carbons (Fsp3) is 0.533. The van der Waals surface area contributed by atoms with Crippen molar-refractivity contribution in [3.8, 4) is 5.75 Å². The number of hydrogen-bond acceptors (Lipinski definition) is 3. The summed E-state index contributed by atoms with van der Waals surface area (Å²) in [7, 11) is 1.69. The third kappa shape index (κ3) is 3.53. The Labute approximate surface area is 112 Å². The van der Waals surface area contributed by atoms with Gasteiger partial charge in [-0.1, -0.05) is 0 Å². The van der Waals surface area contributed by atoms with Gasteiger partial charge < -0.3 is 9.47 Å². The number of ether oxygens (including phenoxy) is 2. The molecule has 0 heterocycles. The normalized spacial score (nSPS) is 23.1. The van der Waals surface area contributed by atoms with E-state index in [1.807, 2.05) is 0 Å². The van der Waals surface area contributed by atoms with Crippen LogP contribution in [0.4, 0.5) is 4.39 Å². The summed E-state index contributed by atoms with van der Waals surface area (Å²) in [5.41, 5.74) is 0.431. The molecule has 104 valence electrons. The second-order valence-corrected chi connectivity index (χ2v) is 4.96. The van der Waals surface area contributed by atoms with Crippen LogP contribution in [0.25, 0.3) is 0 Å². The molecule has 0 N–H and O–H groups in total. The number of carbonyl (C=O) groups excluding carboxylic acids is 1. The Bertz CT molecular complexity index is 459. The molecule has 2 rings (SSSR count). The molecular weight excluding hydrogens is 247 g/mol. The van der Waals surface area contributed by atoms with E-state index < -0.39 is 0 Å². The van der Waals surface area contributed by atoms with E-state index in [1.54, 1.807) is 7.11 Å². The van der Waals surface area contributed by atoms with Crippen LogP contribution in [-0.4, -0.2) is 25.1 Å². The quantitative estimate of drug-likeness (QED) is 0.784. The molecule has 0 bridgehead atoms. The predicted molar refractivity (Wildman–Crippen MR) is 70.1 cm³/mol. The highest BCUT2D eigenvalue weighted by Gasteiger charge is 2.24. The smallest absolute Gasteiger partial charge is 0.163 e. The van der Waals surface area contributed by atoms with Gasteiger partial charge >= 0.3 is 0 Å². The number of Topliss-reactive ketones (excluding diaryl/α,β-unsaturated/α-hetero) is 1. The third-order valence-electron chi connectivity index (χ3n) is 3.53. The van der Waals surface area contributed by atoms with Crippen molar-refractivity contribution >= 4 is 5.78 Å². The van der Waals surface area contributed by atoms with Gasteiger partial charge in [0, 0.05) is 19.6 Å². The SMILES string of the molecule is COC1CCCC(Oc2cc(F)ccc2C(C)=O)C1. The van der Waals surface area contributed by atoms with Crippen molar-refractivity contribution in [2.24, 2.45) is 0 Å². The molecular formula is C15H19FO3. The second-order valence-electron chi connectivity index (χ2n) is 4.96. The fourth-order valence-corrected chi connectivity index (χ4v) is 2.49. The molecule has 19 heavy (non-hydrogen) atoms. The van der Waals surface area contributed by atoms with Gasteiger partial charge in [-0.15, -0.1) is 0 Å². The number of benzene rings is 1. The van der Waals surface area contributed by atoms with Crippen LogP contribution in [0.15, 0.2) is 18.2 Å². The number of carbonyl (C=O) groups is 1. The first-order valence-corrected chi connectivity index (χ1v) is 6.60. The van der Waals surface area contributed by atoms with Crippen molar-refractivity contribution < 1.29 is 18.7 Å². The molecule has 2 unspecified atom stereocenters. The molecule has 0 spiro atoms. The molecule has 1 aromatic carbocycles. The van der Waals surface area contributed by atoms with Crippen LogP contribution in [0, 0.1) is 5.82 Å². The van der Waals surface area contributed by atoms with Gasteiger partial charge in [-0.25, -0.2) is 4.39 Å². The number of halogens is 1. The zero-order chi connectivity index (χ0) is 13.8. The summed E-state index contributed by atoms with van der Waals surface area (Å²) in [4.78, 5) is 11.5. The van der Waals surface area contributed by atoms with E-state index in [-0.39, 0.29) is 23.8 Å². The molecule has 1 aliphatic carbocycles. The molecule has 1 fully saturated rings. The molecule has 0 aromatic heterocycles. The van der Waals surface area contributed by atoms with Crippen LogP contribution in [-0.2, 0) is 4.74 Å². The fourth-order valence-electron chi connectivity index (χ4n) is 2.49. The topological polar surface area (TPSA) is 35.5 Å². The minimum absolute atomic E-state index is 0.0152. The lowest BCUT2D eigenvalue weighted by molar-refractivity contribution is 0.0206. The van der Waals surface area contributed by atoms with Crippen molar-refractivity contribution in [1.82, 2.24) is 0 Å². The first kappa shape index (κ1) is 14.0. The highest BCUT2D eigenvalue weighted by molar-refractivity contribution is 5.96. The Balaban J connectivity index is 2.13. The Morgan fingerprint density at radius 1 is 1.32 bits per heavy atom. The number of methoxy groups -OCH3 is 1. The molecule has 1 aliphatic rings. The van der Waals surface area contributed by atoms with Crippen LogP contribution >= 0.6 is 0 Å². The molecule has 0 amide bonds. The van der Waals surface area contributed by atoms with Gasteiger partial charge in [0.2, 0.25) is 0 Å². The standard InChI is InChI=1S/C15H19FO3/c1-10(17)14-7-6-11(16)8-15(14)19-13-5-3-4-12(9-13)18-2/h6-8,12-13H,3-5,9H2,1-2H3. The average Bonchev–Trinajstić information content (AvgIpc) is 2.38. The monoisotopic (exact) mass is 266 g/mol. The van der Waals surface area contributed by atoms with Gasteiger partial charge in [0.05, 0.1) is 11.7 Å². The maximum atomic E-state index is 13.3. The molecule has 0 radical (unpaired) electrons. The summed E-state index contributed by atoms with van der Waals surface area (Å²) >= 11 is 0. The number of ketones is 1. The summed E-state index contributed by atoms with van der Waals surface area (Å²) in [5, 5.41) is 0. The van der Waals surface area contributed by atoms with Crippen molar-refractivity contribution in [1.29, 1.82) is 0 Å². The zero-order valence-electron chi connectivity index (χ0n) is 11.3. The number of hydrogen-bond donors (Lipinski definition) is 0. The Kier molecular flexibility index (Phi) is 4.53. The van der Waals surface area contributed by atoms with Crippen LogP contribution in [0.2, 0.25) is 0 Å². The van der Waals surface area contributed by atoms with Crippen LogP contribution in [0.5, 0.6) is 5.75 Å². The molecule has 1 aromatic rings. The maximum Gasteiger partial charge on any atom is 0.163 e. The minimum atomic E-state index is -0.390.